The fourth-order valence-corrected chi connectivity index (χ4v) is 4.17. The summed E-state index contributed by atoms with van der Waals surface area (Å²) in [5.74, 6) is 2.20. The van der Waals surface area contributed by atoms with E-state index in [-0.39, 0.29) is 0 Å². The van der Waals surface area contributed by atoms with Crippen molar-refractivity contribution in [2.24, 2.45) is 0 Å². The first-order valence-electron chi connectivity index (χ1n) is 9.48. The third kappa shape index (κ3) is 3.93. The van der Waals surface area contributed by atoms with Crippen LogP contribution in [0.1, 0.15) is 16.7 Å². The van der Waals surface area contributed by atoms with Gasteiger partial charge in [0.15, 0.2) is 11.0 Å². The van der Waals surface area contributed by atoms with E-state index in [0.717, 1.165) is 39.1 Å². The summed E-state index contributed by atoms with van der Waals surface area (Å²) in [4.78, 5) is 0. The number of nitriles is 1. The Kier molecular flexibility index (Phi) is 5.82. The molecule has 0 aliphatic carbocycles. The van der Waals surface area contributed by atoms with Crippen molar-refractivity contribution in [3.63, 3.8) is 0 Å². The Labute approximate surface area is 180 Å². The molecule has 0 radical (unpaired) electrons. The summed E-state index contributed by atoms with van der Waals surface area (Å²) in [6, 6.07) is 25.9. The van der Waals surface area contributed by atoms with Crippen LogP contribution in [0.25, 0.3) is 17.1 Å². The quantitative estimate of drug-likeness (QED) is 0.396. The van der Waals surface area contributed by atoms with Crippen LogP contribution < -0.4 is 4.74 Å². The maximum atomic E-state index is 9.38. The molecule has 0 aliphatic rings. The molecule has 0 bridgehead atoms. The van der Waals surface area contributed by atoms with Crippen LogP contribution in [0.15, 0.2) is 78.0 Å². The molecular formula is C24H20N4OS. The molecule has 0 amide bonds. The molecule has 0 fully saturated rings. The van der Waals surface area contributed by atoms with Gasteiger partial charge in [-0.1, -0.05) is 48.2 Å². The lowest BCUT2D eigenvalue weighted by Gasteiger charge is -2.13. The molecule has 6 heteroatoms. The second kappa shape index (κ2) is 8.85. The van der Waals surface area contributed by atoms with E-state index >= 15 is 0 Å². The van der Waals surface area contributed by atoms with Gasteiger partial charge < -0.3 is 4.74 Å². The fraction of sp³-hybridized carbons (Fsp3) is 0.125. The number of methoxy groups -OCH3 is 1. The zero-order chi connectivity index (χ0) is 20.9. The lowest BCUT2D eigenvalue weighted by Crippen LogP contribution is -2.02. The van der Waals surface area contributed by atoms with E-state index in [1.54, 1.807) is 18.9 Å². The van der Waals surface area contributed by atoms with Crippen LogP contribution in [0.2, 0.25) is 0 Å². The highest BCUT2D eigenvalue weighted by Crippen LogP contribution is 2.32. The minimum absolute atomic E-state index is 0.635. The van der Waals surface area contributed by atoms with E-state index in [2.05, 4.69) is 39.9 Å². The van der Waals surface area contributed by atoms with Gasteiger partial charge in [-0.3, -0.25) is 4.57 Å². The second-order valence-electron chi connectivity index (χ2n) is 6.71. The second-order valence-corrected chi connectivity index (χ2v) is 7.66. The maximum absolute atomic E-state index is 9.38. The summed E-state index contributed by atoms with van der Waals surface area (Å²) in [5.41, 5.74) is 4.78. The van der Waals surface area contributed by atoms with Gasteiger partial charge in [0, 0.05) is 11.3 Å². The molecule has 0 unspecified atom stereocenters. The Morgan fingerprint density at radius 3 is 2.43 bits per heavy atom. The summed E-state index contributed by atoms with van der Waals surface area (Å²) >= 11 is 1.57. The van der Waals surface area contributed by atoms with Crippen LogP contribution >= 0.6 is 11.8 Å². The van der Waals surface area contributed by atoms with Crippen LogP contribution in [-0.4, -0.2) is 21.9 Å². The van der Waals surface area contributed by atoms with Crippen LogP contribution in [0.4, 0.5) is 0 Å². The number of ether oxygens (including phenoxy) is 1. The first kappa shape index (κ1) is 19.7. The number of aryl methyl sites for hydroxylation is 1. The molecule has 148 valence electrons. The largest absolute Gasteiger partial charge is 0.497 e. The van der Waals surface area contributed by atoms with Crippen molar-refractivity contribution < 1.29 is 4.74 Å². The molecule has 0 spiro atoms. The zero-order valence-corrected chi connectivity index (χ0v) is 17.6. The SMILES string of the molecule is COc1ccc(-c2nnc(SCc3ccccc3C#N)n2-c2ccccc2C)cc1. The molecule has 3 aromatic carbocycles. The standard InChI is InChI=1S/C24H20N4OS/c1-17-7-3-6-10-22(17)28-23(18-11-13-21(29-2)14-12-18)26-27-24(28)30-16-20-9-5-4-8-19(20)15-25/h3-14H,16H2,1-2H3. The number of para-hydroxylation sites is 1. The van der Waals surface area contributed by atoms with E-state index in [4.69, 9.17) is 4.74 Å². The van der Waals surface area contributed by atoms with Crippen molar-refractivity contribution in [3.8, 4) is 28.9 Å². The molecule has 0 aliphatic heterocycles. The smallest absolute Gasteiger partial charge is 0.196 e. The van der Waals surface area contributed by atoms with Crippen molar-refractivity contribution in [1.29, 1.82) is 5.26 Å². The number of hydrogen-bond donors (Lipinski definition) is 0. The molecule has 30 heavy (non-hydrogen) atoms. The Morgan fingerprint density at radius 2 is 1.70 bits per heavy atom. The predicted octanol–water partition coefficient (Wildman–Crippen LogP) is 5.42. The summed E-state index contributed by atoms with van der Waals surface area (Å²) in [6.45, 7) is 2.08. The molecule has 0 N–H and O–H groups in total. The maximum Gasteiger partial charge on any atom is 0.196 e. The Bertz CT molecular complexity index is 1210. The summed E-state index contributed by atoms with van der Waals surface area (Å²) in [7, 11) is 1.65. The first-order valence-corrected chi connectivity index (χ1v) is 10.5. The minimum atomic E-state index is 0.635. The van der Waals surface area contributed by atoms with Gasteiger partial charge in [-0.25, -0.2) is 0 Å². The van der Waals surface area contributed by atoms with Crippen LogP contribution in [-0.2, 0) is 5.75 Å². The van der Waals surface area contributed by atoms with Crippen LogP contribution in [0.5, 0.6) is 5.75 Å². The van der Waals surface area contributed by atoms with E-state index in [0.29, 0.717) is 11.3 Å². The molecule has 5 nitrogen and oxygen atoms in total. The first-order chi connectivity index (χ1) is 14.7. The molecule has 0 saturated heterocycles. The normalized spacial score (nSPS) is 10.6. The Balaban J connectivity index is 1.76. The molecule has 1 heterocycles. The lowest BCUT2D eigenvalue weighted by atomic mass is 10.1. The lowest BCUT2D eigenvalue weighted by molar-refractivity contribution is 0.415. The van der Waals surface area contributed by atoms with Gasteiger partial charge in [0.25, 0.3) is 0 Å². The summed E-state index contributed by atoms with van der Waals surface area (Å²) in [5, 5.41) is 19.1. The third-order valence-electron chi connectivity index (χ3n) is 4.83. The monoisotopic (exact) mass is 412 g/mol. The minimum Gasteiger partial charge on any atom is -0.497 e. The topological polar surface area (TPSA) is 63.7 Å². The molecule has 0 atom stereocenters. The number of hydrogen-bond acceptors (Lipinski definition) is 5. The number of thioether (sulfide) groups is 1. The van der Waals surface area contributed by atoms with Gasteiger partial charge in [-0.2, -0.15) is 5.26 Å². The Morgan fingerprint density at radius 1 is 0.967 bits per heavy atom. The highest BCUT2D eigenvalue weighted by molar-refractivity contribution is 7.98. The van der Waals surface area contributed by atoms with Crippen molar-refractivity contribution in [2.45, 2.75) is 17.8 Å². The molecule has 1 aromatic heterocycles. The number of nitrogens with zero attached hydrogens (tertiary/aromatic N) is 4. The Hall–Kier alpha value is -3.56. The zero-order valence-electron chi connectivity index (χ0n) is 16.7. The average Bonchev–Trinajstić information content (AvgIpc) is 3.22. The number of aromatic nitrogens is 3. The van der Waals surface area contributed by atoms with Crippen molar-refractivity contribution in [3.05, 3.63) is 89.5 Å². The van der Waals surface area contributed by atoms with Gasteiger partial charge in [0.1, 0.15) is 5.75 Å². The molecule has 4 rings (SSSR count). The number of benzene rings is 3. The highest BCUT2D eigenvalue weighted by atomic mass is 32.2. The van der Waals surface area contributed by atoms with Gasteiger partial charge >= 0.3 is 0 Å². The fourth-order valence-electron chi connectivity index (χ4n) is 3.22. The number of rotatable bonds is 6. The summed E-state index contributed by atoms with van der Waals surface area (Å²) in [6.07, 6.45) is 0. The van der Waals surface area contributed by atoms with Crippen molar-refractivity contribution in [2.75, 3.05) is 7.11 Å². The van der Waals surface area contributed by atoms with Crippen molar-refractivity contribution >= 4 is 11.8 Å². The van der Waals surface area contributed by atoms with Gasteiger partial charge in [-0.15, -0.1) is 10.2 Å². The van der Waals surface area contributed by atoms with E-state index in [1.807, 2.05) is 60.7 Å². The van der Waals surface area contributed by atoms with Crippen LogP contribution in [0.3, 0.4) is 0 Å². The summed E-state index contributed by atoms with van der Waals surface area (Å²) < 4.78 is 7.36. The van der Waals surface area contributed by atoms with Gasteiger partial charge in [0.2, 0.25) is 0 Å². The molecule has 4 aromatic rings. The van der Waals surface area contributed by atoms with E-state index in [1.165, 1.54) is 0 Å². The predicted molar refractivity (Wildman–Crippen MR) is 119 cm³/mol. The average molecular weight is 413 g/mol. The van der Waals surface area contributed by atoms with E-state index < -0.39 is 0 Å². The van der Waals surface area contributed by atoms with Gasteiger partial charge in [0.05, 0.1) is 24.4 Å². The van der Waals surface area contributed by atoms with Crippen LogP contribution in [0, 0.1) is 18.3 Å². The van der Waals surface area contributed by atoms with Crippen molar-refractivity contribution in [1.82, 2.24) is 14.8 Å². The third-order valence-corrected chi connectivity index (χ3v) is 5.81. The molecular weight excluding hydrogens is 392 g/mol. The van der Waals surface area contributed by atoms with E-state index in [9.17, 15) is 5.26 Å². The molecule has 0 saturated carbocycles. The highest BCUT2D eigenvalue weighted by Gasteiger charge is 2.18. The van der Waals surface area contributed by atoms with Gasteiger partial charge in [-0.05, 0) is 54.4 Å².